The highest BCUT2D eigenvalue weighted by Gasteiger charge is 2.37. The number of carbonyl (C=O) groups excluding carboxylic acids is 2. The van der Waals surface area contributed by atoms with Gasteiger partial charge in [0.05, 0.1) is 35.5 Å². The summed E-state index contributed by atoms with van der Waals surface area (Å²) in [5.74, 6) is -0.286. The van der Waals surface area contributed by atoms with E-state index in [1.54, 1.807) is 29.3 Å². The lowest BCUT2D eigenvalue weighted by Crippen LogP contribution is -2.51. The molecule has 10 nitrogen and oxygen atoms in total. The molecule has 3 aromatic rings. The second kappa shape index (κ2) is 10.8. The van der Waals surface area contributed by atoms with E-state index in [4.69, 9.17) is 0 Å². The van der Waals surface area contributed by atoms with E-state index in [2.05, 4.69) is 20.0 Å². The molecular weight excluding hydrogens is 481 g/mol. The van der Waals surface area contributed by atoms with Gasteiger partial charge in [-0.2, -0.15) is 0 Å². The fourth-order valence-electron chi connectivity index (χ4n) is 4.60. The van der Waals surface area contributed by atoms with Crippen molar-refractivity contribution in [2.45, 2.75) is 38.8 Å². The lowest BCUT2D eigenvalue weighted by Gasteiger charge is -2.30. The highest BCUT2D eigenvalue weighted by Crippen LogP contribution is 2.36. The molecule has 1 aromatic heterocycles. The quantitative estimate of drug-likeness (QED) is 0.346. The summed E-state index contributed by atoms with van der Waals surface area (Å²) in [4.78, 5) is 45.7. The van der Waals surface area contributed by atoms with Crippen LogP contribution in [0.4, 0.5) is 14.9 Å². The molecule has 2 aromatic carbocycles. The van der Waals surface area contributed by atoms with E-state index >= 15 is 0 Å². The Morgan fingerprint density at radius 3 is 2.70 bits per heavy atom. The monoisotopic (exact) mass is 509 g/mol. The van der Waals surface area contributed by atoms with Crippen molar-refractivity contribution in [1.29, 1.82) is 0 Å². The minimum atomic E-state index is -0.744. The second-order valence-electron chi connectivity index (χ2n) is 9.23. The number of ether oxygens (including phenoxy) is 1. The van der Waals surface area contributed by atoms with Crippen LogP contribution in [0.1, 0.15) is 38.6 Å². The van der Waals surface area contributed by atoms with E-state index in [-0.39, 0.29) is 29.1 Å². The molecule has 37 heavy (non-hydrogen) atoms. The predicted octanol–water partition coefficient (Wildman–Crippen LogP) is 4.84. The van der Waals surface area contributed by atoms with Crippen LogP contribution >= 0.6 is 0 Å². The Morgan fingerprint density at radius 2 is 2.03 bits per heavy atom. The molecule has 0 saturated carbocycles. The van der Waals surface area contributed by atoms with Crippen molar-refractivity contribution in [3.05, 3.63) is 70.4 Å². The number of benzene rings is 2. The summed E-state index contributed by atoms with van der Waals surface area (Å²) in [6, 6.07) is 9.19. The van der Waals surface area contributed by atoms with Crippen molar-refractivity contribution < 1.29 is 23.6 Å². The first kappa shape index (κ1) is 25.8. The average Bonchev–Trinajstić information content (AvgIpc) is 3.56. The topological polar surface area (TPSA) is 130 Å². The van der Waals surface area contributed by atoms with Crippen molar-refractivity contribution in [1.82, 2.24) is 20.2 Å². The Bertz CT molecular complexity index is 1320. The molecule has 2 heterocycles. The molecule has 1 fully saturated rings. The molecule has 11 heteroatoms. The van der Waals surface area contributed by atoms with Crippen LogP contribution in [0.15, 0.2) is 48.7 Å². The highest BCUT2D eigenvalue weighted by atomic mass is 19.1. The molecule has 1 aliphatic heterocycles. The Labute approximate surface area is 213 Å². The number of aromatic nitrogens is 2. The zero-order chi connectivity index (χ0) is 26.7. The van der Waals surface area contributed by atoms with Crippen LogP contribution in [0.5, 0.6) is 0 Å². The highest BCUT2D eigenvalue weighted by molar-refractivity contribution is 5.86. The third-order valence-electron chi connectivity index (χ3n) is 6.48. The van der Waals surface area contributed by atoms with Gasteiger partial charge >= 0.3 is 6.09 Å². The molecule has 194 valence electrons. The number of alkyl carbamates (subject to hydrolysis) is 1. The number of amides is 2. The standard InChI is InChI=1S/C26H28FN5O5/c1-15(2)23(30-26(34)37-3)25(33)31-11-5-8-22(31)24-28-14-20(29-24)17-9-10-21(32(35)36)19(13-17)16-6-4-7-18(27)12-16/h4,6-7,9-10,12-15,22-23H,5,8,11H2,1-3H3,(H,28,29)(H,30,34)/t22-,23-/m0/s1. The summed E-state index contributed by atoms with van der Waals surface area (Å²) in [5.41, 5.74) is 1.77. The smallest absolute Gasteiger partial charge is 0.407 e. The van der Waals surface area contributed by atoms with Crippen LogP contribution in [-0.4, -0.2) is 51.5 Å². The van der Waals surface area contributed by atoms with E-state index in [1.165, 1.54) is 31.4 Å². The lowest BCUT2D eigenvalue weighted by molar-refractivity contribution is -0.384. The summed E-state index contributed by atoms with van der Waals surface area (Å²) in [6.07, 6.45) is 2.41. The number of nitro groups is 1. The number of methoxy groups -OCH3 is 1. The molecule has 4 rings (SSSR count). The predicted molar refractivity (Wildman–Crippen MR) is 134 cm³/mol. The van der Waals surface area contributed by atoms with E-state index in [0.717, 1.165) is 6.42 Å². The van der Waals surface area contributed by atoms with Crippen LogP contribution in [0.25, 0.3) is 22.4 Å². The minimum absolute atomic E-state index is 0.139. The molecule has 2 N–H and O–H groups in total. The number of halogens is 1. The van der Waals surface area contributed by atoms with E-state index in [0.29, 0.717) is 35.6 Å². The number of hydrogen-bond acceptors (Lipinski definition) is 6. The SMILES string of the molecule is COC(=O)N[C@H](C(=O)N1CCC[C@H]1c1ncc(-c2ccc([N+](=O)[O-])c(-c3cccc(F)c3)c2)[nH]1)C(C)C. The number of nitrogens with zero attached hydrogens (tertiary/aromatic N) is 3. The normalized spacial score (nSPS) is 16.0. The molecule has 0 spiro atoms. The lowest BCUT2D eigenvalue weighted by atomic mass is 10.00. The molecule has 0 aliphatic carbocycles. The van der Waals surface area contributed by atoms with Gasteiger partial charge in [0.2, 0.25) is 5.91 Å². The summed E-state index contributed by atoms with van der Waals surface area (Å²) in [6.45, 7) is 4.21. The summed E-state index contributed by atoms with van der Waals surface area (Å²) < 4.78 is 18.5. The van der Waals surface area contributed by atoms with Gasteiger partial charge in [0, 0.05) is 18.2 Å². The number of H-pyrrole nitrogens is 1. The number of rotatable bonds is 7. The largest absolute Gasteiger partial charge is 0.453 e. The Kier molecular flexibility index (Phi) is 7.51. The zero-order valence-electron chi connectivity index (χ0n) is 20.7. The summed E-state index contributed by atoms with van der Waals surface area (Å²) in [5, 5.41) is 14.2. The van der Waals surface area contributed by atoms with Gasteiger partial charge in [0.25, 0.3) is 5.69 Å². The summed E-state index contributed by atoms with van der Waals surface area (Å²) in [7, 11) is 1.25. The number of imidazole rings is 1. The molecular formula is C26H28FN5O5. The van der Waals surface area contributed by atoms with Crippen LogP contribution in [0.3, 0.4) is 0 Å². The van der Waals surface area contributed by atoms with E-state index in [9.17, 15) is 24.1 Å². The molecule has 1 saturated heterocycles. The molecule has 2 amide bonds. The van der Waals surface area contributed by atoms with Gasteiger partial charge in [-0.05, 0) is 48.6 Å². The van der Waals surface area contributed by atoms with Crippen LogP contribution in [0, 0.1) is 21.8 Å². The Balaban J connectivity index is 1.63. The third-order valence-corrected chi connectivity index (χ3v) is 6.48. The van der Waals surface area contributed by atoms with Crippen LogP contribution < -0.4 is 5.32 Å². The first-order chi connectivity index (χ1) is 17.7. The number of aromatic amines is 1. The van der Waals surface area contributed by atoms with Crippen molar-refractivity contribution in [2.75, 3.05) is 13.7 Å². The van der Waals surface area contributed by atoms with Crippen molar-refractivity contribution in [2.24, 2.45) is 5.92 Å². The van der Waals surface area contributed by atoms with Gasteiger partial charge in [-0.1, -0.05) is 26.0 Å². The number of nitrogens with one attached hydrogen (secondary N) is 2. The maximum absolute atomic E-state index is 13.8. The Hall–Kier alpha value is -4.28. The number of likely N-dealkylation sites (tertiary alicyclic amines) is 1. The molecule has 2 atom stereocenters. The van der Waals surface area contributed by atoms with Gasteiger partial charge in [-0.15, -0.1) is 0 Å². The van der Waals surface area contributed by atoms with Crippen molar-refractivity contribution in [3.8, 4) is 22.4 Å². The Morgan fingerprint density at radius 1 is 1.24 bits per heavy atom. The van der Waals surface area contributed by atoms with Gasteiger partial charge in [-0.25, -0.2) is 14.2 Å². The zero-order valence-corrected chi connectivity index (χ0v) is 20.7. The van der Waals surface area contributed by atoms with Gasteiger partial charge in [0.1, 0.15) is 17.7 Å². The molecule has 0 radical (unpaired) electrons. The van der Waals surface area contributed by atoms with Crippen LogP contribution in [0.2, 0.25) is 0 Å². The first-order valence-corrected chi connectivity index (χ1v) is 11.9. The van der Waals surface area contributed by atoms with E-state index in [1.807, 2.05) is 13.8 Å². The number of nitro benzene ring substituents is 1. The van der Waals surface area contributed by atoms with Crippen molar-refractivity contribution in [3.63, 3.8) is 0 Å². The van der Waals surface area contributed by atoms with Crippen molar-refractivity contribution >= 4 is 17.7 Å². The minimum Gasteiger partial charge on any atom is -0.453 e. The maximum Gasteiger partial charge on any atom is 0.407 e. The summed E-state index contributed by atoms with van der Waals surface area (Å²) >= 11 is 0. The number of hydrogen-bond donors (Lipinski definition) is 2. The van der Waals surface area contributed by atoms with E-state index < -0.39 is 22.9 Å². The second-order valence-corrected chi connectivity index (χ2v) is 9.23. The number of carbonyl (C=O) groups is 2. The van der Waals surface area contributed by atoms with Gasteiger partial charge in [-0.3, -0.25) is 14.9 Å². The molecule has 1 aliphatic rings. The van der Waals surface area contributed by atoms with Crippen LogP contribution in [-0.2, 0) is 9.53 Å². The maximum atomic E-state index is 13.8. The first-order valence-electron chi connectivity index (χ1n) is 11.9. The molecule has 0 bridgehead atoms. The average molecular weight is 510 g/mol. The fraction of sp³-hybridized carbons (Fsp3) is 0.346. The molecule has 0 unspecified atom stereocenters. The van der Waals surface area contributed by atoms with Gasteiger partial charge < -0.3 is 19.9 Å². The third kappa shape index (κ3) is 5.45. The van der Waals surface area contributed by atoms with Gasteiger partial charge in [0.15, 0.2) is 0 Å². The fourth-order valence-corrected chi connectivity index (χ4v) is 4.60.